The molecule has 1 N–H and O–H groups in total. The molecule has 0 amide bonds. The molecule has 18 heavy (non-hydrogen) atoms. The minimum atomic E-state index is -0.276. The predicted octanol–water partition coefficient (Wildman–Crippen LogP) is 4.03. The lowest BCUT2D eigenvalue weighted by Crippen LogP contribution is -2.00. The van der Waals surface area contributed by atoms with E-state index in [-0.39, 0.29) is 5.82 Å². The molecule has 0 aliphatic rings. The number of aromatic nitrogens is 2. The Hall–Kier alpha value is -0.720. The average molecular weight is 333 g/mol. The molecule has 1 heterocycles. The highest BCUT2D eigenvalue weighted by Crippen LogP contribution is 2.23. The van der Waals surface area contributed by atoms with E-state index < -0.39 is 0 Å². The van der Waals surface area contributed by atoms with E-state index in [0.29, 0.717) is 9.24 Å². The van der Waals surface area contributed by atoms with Crippen molar-refractivity contribution in [2.45, 2.75) is 19.4 Å². The number of hydrogen-bond acceptors (Lipinski definition) is 2. The maximum Gasteiger partial charge on any atom is 0.178 e. The van der Waals surface area contributed by atoms with Gasteiger partial charge in [0.1, 0.15) is 5.82 Å². The molecule has 3 nitrogen and oxygen atoms in total. The number of rotatable bonds is 5. The fraction of sp³-hybridized carbons (Fsp3) is 0.417. The number of ether oxygens (including phenoxy) is 1. The van der Waals surface area contributed by atoms with Gasteiger partial charge in [0.15, 0.2) is 4.77 Å². The van der Waals surface area contributed by atoms with Gasteiger partial charge in [0.2, 0.25) is 0 Å². The van der Waals surface area contributed by atoms with E-state index in [9.17, 15) is 4.39 Å². The molecular formula is C12H14BrFN2OS. The van der Waals surface area contributed by atoms with Crippen molar-refractivity contribution in [3.63, 3.8) is 0 Å². The number of imidazole rings is 1. The van der Waals surface area contributed by atoms with E-state index in [1.807, 2.05) is 4.57 Å². The van der Waals surface area contributed by atoms with Gasteiger partial charge in [0, 0.05) is 26.3 Å². The Bertz CT molecular complexity index is 608. The number of aryl methyl sites for hydroxylation is 1. The SMILES string of the molecule is COCCCCn1c(=S)[nH]c2cc(Br)c(F)cc21. The lowest BCUT2D eigenvalue weighted by atomic mass is 10.3. The molecule has 0 unspecified atom stereocenters. The third-order valence-electron chi connectivity index (χ3n) is 2.80. The van der Waals surface area contributed by atoms with Crippen molar-refractivity contribution in [3.05, 3.63) is 27.2 Å². The molecular weight excluding hydrogens is 319 g/mol. The van der Waals surface area contributed by atoms with E-state index >= 15 is 0 Å². The van der Waals surface area contributed by atoms with Crippen molar-refractivity contribution in [3.8, 4) is 0 Å². The van der Waals surface area contributed by atoms with E-state index in [2.05, 4.69) is 20.9 Å². The zero-order valence-electron chi connectivity index (χ0n) is 10.0. The number of nitrogens with zero attached hydrogens (tertiary/aromatic N) is 1. The number of benzene rings is 1. The van der Waals surface area contributed by atoms with Gasteiger partial charge in [-0.15, -0.1) is 0 Å². The number of hydrogen-bond donors (Lipinski definition) is 1. The largest absolute Gasteiger partial charge is 0.385 e. The first-order valence-electron chi connectivity index (χ1n) is 5.70. The van der Waals surface area contributed by atoms with Crippen LogP contribution in [0.3, 0.4) is 0 Å². The average Bonchev–Trinajstić information content (AvgIpc) is 2.62. The van der Waals surface area contributed by atoms with Crippen LogP contribution in [0.5, 0.6) is 0 Å². The second-order valence-corrected chi connectivity index (χ2v) is 5.31. The zero-order valence-corrected chi connectivity index (χ0v) is 12.4. The number of halogens is 2. The number of fused-ring (bicyclic) bond motifs is 1. The maximum absolute atomic E-state index is 13.6. The molecule has 0 fully saturated rings. The highest BCUT2D eigenvalue weighted by atomic mass is 79.9. The summed E-state index contributed by atoms with van der Waals surface area (Å²) in [5.41, 5.74) is 1.65. The summed E-state index contributed by atoms with van der Waals surface area (Å²) in [5.74, 6) is -0.276. The van der Waals surface area contributed by atoms with Gasteiger partial charge in [0.25, 0.3) is 0 Å². The van der Waals surface area contributed by atoms with E-state index in [1.165, 1.54) is 6.07 Å². The molecule has 1 aromatic heterocycles. The summed E-state index contributed by atoms with van der Waals surface area (Å²) in [5, 5.41) is 0. The summed E-state index contributed by atoms with van der Waals surface area (Å²) >= 11 is 8.42. The molecule has 0 saturated carbocycles. The Labute approximate surface area is 118 Å². The van der Waals surface area contributed by atoms with Crippen LogP contribution in [-0.4, -0.2) is 23.3 Å². The monoisotopic (exact) mass is 332 g/mol. The van der Waals surface area contributed by atoms with Crippen molar-refractivity contribution in [2.24, 2.45) is 0 Å². The van der Waals surface area contributed by atoms with Crippen LogP contribution < -0.4 is 0 Å². The van der Waals surface area contributed by atoms with Crippen LogP contribution in [0.4, 0.5) is 4.39 Å². The smallest absolute Gasteiger partial charge is 0.178 e. The summed E-state index contributed by atoms with van der Waals surface area (Å²) in [4.78, 5) is 3.09. The third-order valence-corrected chi connectivity index (χ3v) is 3.73. The lowest BCUT2D eigenvalue weighted by Gasteiger charge is -2.04. The number of H-pyrrole nitrogens is 1. The molecule has 0 saturated heterocycles. The van der Waals surface area contributed by atoms with Gasteiger partial charge >= 0.3 is 0 Å². The predicted molar refractivity (Wildman–Crippen MR) is 75.9 cm³/mol. The van der Waals surface area contributed by atoms with Crippen LogP contribution in [0.2, 0.25) is 0 Å². The minimum absolute atomic E-state index is 0.276. The number of unbranched alkanes of at least 4 members (excludes halogenated alkanes) is 1. The highest BCUT2D eigenvalue weighted by molar-refractivity contribution is 9.10. The maximum atomic E-state index is 13.6. The van der Waals surface area contributed by atoms with Gasteiger partial charge in [-0.2, -0.15) is 0 Å². The normalized spacial score (nSPS) is 11.3. The Balaban J connectivity index is 2.29. The first-order chi connectivity index (χ1) is 8.63. The Morgan fingerprint density at radius 3 is 2.94 bits per heavy atom. The van der Waals surface area contributed by atoms with Gasteiger partial charge < -0.3 is 14.3 Å². The van der Waals surface area contributed by atoms with Gasteiger partial charge in [-0.1, -0.05) is 0 Å². The molecule has 0 aliphatic carbocycles. The minimum Gasteiger partial charge on any atom is -0.385 e. The molecule has 0 aliphatic heterocycles. The van der Waals surface area contributed by atoms with Gasteiger partial charge in [-0.3, -0.25) is 0 Å². The first kappa shape index (κ1) is 13.7. The second-order valence-electron chi connectivity index (χ2n) is 4.07. The van der Waals surface area contributed by atoms with E-state index in [1.54, 1.807) is 13.2 Å². The summed E-state index contributed by atoms with van der Waals surface area (Å²) in [7, 11) is 1.68. The molecule has 2 rings (SSSR count). The van der Waals surface area contributed by atoms with Gasteiger partial charge in [-0.05, 0) is 47.1 Å². The van der Waals surface area contributed by atoms with Crippen LogP contribution in [0.1, 0.15) is 12.8 Å². The molecule has 0 radical (unpaired) electrons. The Morgan fingerprint density at radius 1 is 1.44 bits per heavy atom. The quantitative estimate of drug-likeness (QED) is 0.661. The van der Waals surface area contributed by atoms with Crippen molar-refractivity contribution in [1.82, 2.24) is 9.55 Å². The second kappa shape index (κ2) is 5.95. The van der Waals surface area contributed by atoms with Crippen LogP contribution in [0.25, 0.3) is 11.0 Å². The molecule has 98 valence electrons. The molecule has 0 atom stereocenters. The summed E-state index contributed by atoms with van der Waals surface area (Å²) in [6.45, 7) is 1.50. The van der Waals surface area contributed by atoms with Crippen molar-refractivity contribution < 1.29 is 9.13 Å². The summed E-state index contributed by atoms with van der Waals surface area (Å²) in [6.07, 6.45) is 1.91. The van der Waals surface area contributed by atoms with E-state index in [0.717, 1.165) is 37.0 Å². The molecule has 2 aromatic rings. The van der Waals surface area contributed by atoms with Crippen LogP contribution in [0, 0.1) is 10.6 Å². The summed E-state index contributed by atoms with van der Waals surface area (Å²) < 4.78 is 21.6. The van der Waals surface area contributed by atoms with Crippen LogP contribution in [0.15, 0.2) is 16.6 Å². The summed E-state index contributed by atoms with van der Waals surface area (Å²) in [6, 6.07) is 3.22. The van der Waals surface area contributed by atoms with Crippen molar-refractivity contribution in [2.75, 3.05) is 13.7 Å². The fourth-order valence-corrected chi connectivity index (χ4v) is 2.53. The van der Waals surface area contributed by atoms with Gasteiger partial charge in [0.05, 0.1) is 15.5 Å². The fourth-order valence-electron chi connectivity index (χ4n) is 1.89. The highest BCUT2D eigenvalue weighted by Gasteiger charge is 2.08. The first-order valence-corrected chi connectivity index (χ1v) is 6.90. The standard InChI is InChI=1S/C12H14BrFN2OS/c1-17-5-3-2-4-16-11-7-9(14)8(13)6-10(11)15-12(16)18/h6-7H,2-5H2,1H3,(H,15,18). The number of methoxy groups -OCH3 is 1. The molecule has 1 aromatic carbocycles. The molecule has 6 heteroatoms. The third kappa shape index (κ3) is 2.81. The van der Waals surface area contributed by atoms with Crippen molar-refractivity contribution >= 4 is 39.2 Å². The van der Waals surface area contributed by atoms with Crippen LogP contribution in [-0.2, 0) is 11.3 Å². The number of aromatic amines is 1. The molecule has 0 spiro atoms. The Kier molecular flexibility index (Phi) is 4.53. The van der Waals surface area contributed by atoms with Crippen molar-refractivity contribution in [1.29, 1.82) is 0 Å². The zero-order chi connectivity index (χ0) is 13.1. The van der Waals surface area contributed by atoms with Crippen LogP contribution >= 0.6 is 28.1 Å². The topological polar surface area (TPSA) is 29.9 Å². The molecule has 0 bridgehead atoms. The lowest BCUT2D eigenvalue weighted by molar-refractivity contribution is 0.191. The Morgan fingerprint density at radius 2 is 2.22 bits per heavy atom. The van der Waals surface area contributed by atoms with E-state index in [4.69, 9.17) is 17.0 Å². The van der Waals surface area contributed by atoms with Gasteiger partial charge in [-0.25, -0.2) is 4.39 Å². The number of nitrogens with one attached hydrogen (secondary N) is 1.